The van der Waals surface area contributed by atoms with Gasteiger partial charge in [0.25, 0.3) is 0 Å². The van der Waals surface area contributed by atoms with Gasteiger partial charge in [0.15, 0.2) is 5.78 Å². The van der Waals surface area contributed by atoms with Crippen molar-refractivity contribution in [3.63, 3.8) is 0 Å². The Bertz CT molecular complexity index is 918. The molecule has 9 nitrogen and oxygen atoms in total. The largest absolute Gasteiger partial charge is 0.356 e. The fourth-order valence-corrected chi connectivity index (χ4v) is 5.83. The topological polar surface area (TPSA) is 133 Å². The summed E-state index contributed by atoms with van der Waals surface area (Å²) in [5.41, 5.74) is 0. The van der Waals surface area contributed by atoms with Gasteiger partial charge in [-0.3, -0.25) is 24.0 Å². The number of Topliss-reactive ketones (excluding diaryl/α,β-unsaturated/α-hetero) is 1. The molecular weight excluding hydrogens is 616 g/mol. The Hall–Kier alpha value is -2.45. The normalized spacial score (nSPS) is 12.7. The second-order valence-corrected chi connectivity index (χ2v) is 15.8. The van der Waals surface area contributed by atoms with Crippen LogP contribution in [0.3, 0.4) is 0 Å². The van der Waals surface area contributed by atoms with Crippen molar-refractivity contribution in [2.24, 2.45) is 23.7 Å². The Balaban J connectivity index is 5.10. The van der Waals surface area contributed by atoms with Gasteiger partial charge in [-0.15, -0.1) is 0 Å². The lowest BCUT2D eigenvalue weighted by atomic mass is 9.90. The molecule has 0 aliphatic carbocycles. The third-order valence-corrected chi connectivity index (χ3v) is 8.82. The Morgan fingerprint density at radius 3 is 1.29 bits per heavy atom. The van der Waals surface area contributed by atoms with E-state index in [9.17, 15) is 24.0 Å². The van der Waals surface area contributed by atoms with Crippen molar-refractivity contribution in [3.05, 3.63) is 0 Å². The van der Waals surface area contributed by atoms with Gasteiger partial charge >= 0.3 is 0 Å². The van der Waals surface area contributed by atoms with Crippen LogP contribution in [-0.4, -0.2) is 54.6 Å². The molecule has 4 amide bonds. The predicted molar refractivity (Wildman–Crippen MR) is 202 cm³/mol. The summed E-state index contributed by atoms with van der Waals surface area (Å²) in [4.78, 5) is 64.2. The van der Waals surface area contributed by atoms with Crippen LogP contribution < -0.4 is 21.3 Å². The highest BCUT2D eigenvalue weighted by atomic mass is 16.2. The zero-order chi connectivity index (χ0) is 37.0. The number of rotatable bonds is 31. The fourth-order valence-electron chi connectivity index (χ4n) is 5.83. The first-order chi connectivity index (χ1) is 23.2. The zero-order valence-electron chi connectivity index (χ0n) is 32.9. The van der Waals surface area contributed by atoms with Gasteiger partial charge in [-0.2, -0.15) is 0 Å². The molecule has 0 aliphatic heterocycles. The van der Waals surface area contributed by atoms with Crippen molar-refractivity contribution in [1.82, 2.24) is 21.3 Å². The number of nitrogens with one attached hydrogen (secondary N) is 4. The number of amides is 4. The summed E-state index contributed by atoms with van der Waals surface area (Å²) in [6, 6.07) is -0.708. The molecule has 0 aromatic carbocycles. The number of carbonyl (C=O) groups excluding carboxylic acids is 5. The summed E-state index contributed by atoms with van der Waals surface area (Å²) >= 11 is 0. The first kappa shape index (κ1) is 46.5. The number of carbonyl (C=O) groups is 5. The number of unbranched alkanes of at least 4 members (excludes halogenated alkanes) is 5. The van der Waals surface area contributed by atoms with E-state index in [1.54, 1.807) is 0 Å². The van der Waals surface area contributed by atoms with E-state index in [-0.39, 0.29) is 41.9 Å². The predicted octanol–water partition coefficient (Wildman–Crippen LogP) is 7.79. The van der Waals surface area contributed by atoms with E-state index in [1.807, 2.05) is 13.8 Å². The van der Waals surface area contributed by atoms with Crippen LogP contribution in [0.2, 0.25) is 0 Å². The SMILES string of the molecule is CC(C)CCCCC(=O)NCCCCC(CC(=O)C(CCCCNC(=O)CCCCC(C)C)NC(=O)CCCCC(C)C)C(=O)NC(C)C. The second kappa shape index (κ2) is 29.3. The molecule has 0 rings (SSSR count). The van der Waals surface area contributed by atoms with Crippen LogP contribution in [0.25, 0.3) is 0 Å². The van der Waals surface area contributed by atoms with Gasteiger partial charge in [0.05, 0.1) is 6.04 Å². The molecule has 2 atom stereocenters. The van der Waals surface area contributed by atoms with Crippen molar-refractivity contribution in [2.75, 3.05) is 13.1 Å². The smallest absolute Gasteiger partial charge is 0.223 e. The van der Waals surface area contributed by atoms with E-state index in [4.69, 9.17) is 0 Å². The van der Waals surface area contributed by atoms with E-state index in [1.165, 1.54) is 0 Å². The molecular formula is C40H76N4O5. The van der Waals surface area contributed by atoms with Crippen molar-refractivity contribution in [1.29, 1.82) is 0 Å². The minimum Gasteiger partial charge on any atom is -0.356 e. The third-order valence-electron chi connectivity index (χ3n) is 8.82. The Morgan fingerprint density at radius 2 is 0.857 bits per heavy atom. The number of hydrogen-bond donors (Lipinski definition) is 4. The van der Waals surface area contributed by atoms with E-state index < -0.39 is 12.0 Å². The summed E-state index contributed by atoms with van der Waals surface area (Å²) in [5, 5.41) is 11.9. The van der Waals surface area contributed by atoms with Gasteiger partial charge in [-0.25, -0.2) is 0 Å². The van der Waals surface area contributed by atoms with Gasteiger partial charge in [-0.1, -0.05) is 86.5 Å². The Kier molecular flexibility index (Phi) is 27.8. The molecule has 9 heteroatoms. The minimum atomic E-state index is -0.659. The summed E-state index contributed by atoms with van der Waals surface area (Å²) in [5.74, 6) is 1.12. The average molecular weight is 693 g/mol. The molecule has 0 aliphatic rings. The molecule has 49 heavy (non-hydrogen) atoms. The number of ketones is 1. The molecule has 0 saturated carbocycles. The molecule has 0 heterocycles. The van der Waals surface area contributed by atoms with Gasteiger partial charge in [0, 0.05) is 50.7 Å². The standard InChI is InChI=1S/C40H76N4O5/c1-30(2)19-9-12-24-37(46)41-27-17-15-22-34(40(49)43-33(7)8)29-36(45)35(44-39(48)26-14-11-21-32(5)6)23-16-18-28-42-38(47)25-13-10-20-31(3)4/h30-35H,9-29H2,1-8H3,(H,41,46)(H,42,47)(H,43,49)(H,44,48). The fraction of sp³-hybridized carbons (Fsp3) is 0.875. The molecule has 0 bridgehead atoms. The van der Waals surface area contributed by atoms with Crippen LogP contribution in [0.1, 0.15) is 177 Å². The molecule has 286 valence electrons. The highest BCUT2D eigenvalue weighted by Gasteiger charge is 2.27. The lowest BCUT2D eigenvalue weighted by molar-refractivity contribution is -0.132. The lowest BCUT2D eigenvalue weighted by Crippen LogP contribution is -2.43. The van der Waals surface area contributed by atoms with Gasteiger partial charge in [0.1, 0.15) is 0 Å². The third kappa shape index (κ3) is 29.0. The molecule has 0 radical (unpaired) electrons. The van der Waals surface area contributed by atoms with Crippen molar-refractivity contribution in [3.8, 4) is 0 Å². The maximum Gasteiger partial charge on any atom is 0.223 e. The molecule has 2 unspecified atom stereocenters. The maximum absolute atomic E-state index is 13.7. The second-order valence-electron chi connectivity index (χ2n) is 15.8. The first-order valence-corrected chi connectivity index (χ1v) is 19.9. The average Bonchev–Trinajstić information content (AvgIpc) is 3.01. The quantitative estimate of drug-likeness (QED) is 0.0551. The van der Waals surface area contributed by atoms with E-state index in [0.717, 1.165) is 64.2 Å². The monoisotopic (exact) mass is 693 g/mol. The van der Waals surface area contributed by atoms with Crippen LogP contribution in [0.4, 0.5) is 0 Å². The van der Waals surface area contributed by atoms with Crippen LogP contribution in [0.15, 0.2) is 0 Å². The molecule has 0 aromatic heterocycles. The number of hydrogen-bond acceptors (Lipinski definition) is 5. The zero-order valence-corrected chi connectivity index (χ0v) is 32.9. The minimum absolute atomic E-state index is 0.0492. The van der Waals surface area contributed by atoms with Gasteiger partial charge in [-0.05, 0) is 83.0 Å². The molecule has 0 aromatic rings. The Morgan fingerprint density at radius 1 is 0.449 bits per heavy atom. The van der Waals surface area contributed by atoms with Crippen molar-refractivity contribution >= 4 is 29.4 Å². The highest BCUT2D eigenvalue weighted by molar-refractivity contribution is 5.92. The van der Waals surface area contributed by atoms with Crippen LogP contribution in [0.5, 0.6) is 0 Å². The van der Waals surface area contributed by atoms with E-state index in [0.29, 0.717) is 82.2 Å². The molecule has 4 N–H and O–H groups in total. The van der Waals surface area contributed by atoms with Crippen molar-refractivity contribution in [2.45, 2.75) is 189 Å². The molecule has 0 fully saturated rings. The first-order valence-electron chi connectivity index (χ1n) is 19.9. The van der Waals surface area contributed by atoms with Crippen molar-refractivity contribution < 1.29 is 24.0 Å². The summed E-state index contributed by atoms with van der Waals surface area (Å²) < 4.78 is 0. The summed E-state index contributed by atoms with van der Waals surface area (Å²) in [6.07, 6.45) is 14.3. The maximum atomic E-state index is 13.7. The van der Waals surface area contributed by atoms with Crippen LogP contribution in [0, 0.1) is 23.7 Å². The van der Waals surface area contributed by atoms with Crippen LogP contribution >= 0.6 is 0 Å². The summed E-state index contributed by atoms with van der Waals surface area (Å²) in [6.45, 7) is 18.0. The Labute approximate surface area is 300 Å². The van der Waals surface area contributed by atoms with Gasteiger partial charge < -0.3 is 21.3 Å². The molecule has 0 spiro atoms. The van der Waals surface area contributed by atoms with E-state index >= 15 is 0 Å². The highest BCUT2D eigenvalue weighted by Crippen LogP contribution is 2.18. The van der Waals surface area contributed by atoms with E-state index in [2.05, 4.69) is 62.8 Å². The van der Waals surface area contributed by atoms with Crippen LogP contribution in [-0.2, 0) is 24.0 Å². The summed E-state index contributed by atoms with van der Waals surface area (Å²) in [7, 11) is 0. The molecule has 0 saturated heterocycles. The lowest BCUT2D eigenvalue weighted by Gasteiger charge is -2.22. The van der Waals surface area contributed by atoms with Gasteiger partial charge in [0.2, 0.25) is 23.6 Å².